The van der Waals surface area contributed by atoms with Crippen molar-refractivity contribution in [1.29, 1.82) is 0 Å². The number of hydrogen-bond acceptors (Lipinski definition) is 2. The van der Waals surface area contributed by atoms with Gasteiger partial charge in [0.2, 0.25) is 5.91 Å². The Morgan fingerprint density at radius 2 is 1.35 bits per heavy atom. The van der Waals surface area contributed by atoms with Crippen LogP contribution in [-0.4, -0.2) is 29.9 Å². The van der Waals surface area contributed by atoms with Crippen LogP contribution in [-0.2, 0) is 4.79 Å². The lowest BCUT2D eigenvalue weighted by Gasteiger charge is -2.30. The third-order valence-electron chi connectivity index (χ3n) is 5.07. The Morgan fingerprint density at radius 1 is 0.870 bits per heavy atom. The maximum atomic E-state index is 11.8. The van der Waals surface area contributed by atoms with E-state index in [0.29, 0.717) is 12.3 Å². The van der Waals surface area contributed by atoms with Crippen LogP contribution in [0.25, 0.3) is 0 Å². The van der Waals surface area contributed by atoms with Crippen LogP contribution in [0.4, 0.5) is 0 Å². The summed E-state index contributed by atoms with van der Waals surface area (Å²) in [7, 11) is 0. The first-order valence-electron chi connectivity index (χ1n) is 10.3. The van der Waals surface area contributed by atoms with E-state index in [9.17, 15) is 4.79 Å². The zero-order valence-electron chi connectivity index (χ0n) is 15.5. The number of amides is 1. The van der Waals surface area contributed by atoms with E-state index in [2.05, 4.69) is 6.92 Å². The number of hydrogen-bond donors (Lipinski definition) is 1. The maximum absolute atomic E-state index is 11.8. The predicted molar refractivity (Wildman–Crippen MR) is 99.5 cm³/mol. The number of unbranched alkanes of at least 4 members (excludes halogenated alkanes) is 12. The van der Waals surface area contributed by atoms with Crippen LogP contribution < -0.4 is 5.73 Å². The molecule has 1 aliphatic rings. The minimum Gasteiger partial charge on any atom is -0.341 e. The van der Waals surface area contributed by atoms with Gasteiger partial charge in [0.1, 0.15) is 0 Å². The molecule has 1 aliphatic heterocycles. The molecule has 0 aromatic heterocycles. The molecule has 2 N–H and O–H groups in total. The summed E-state index contributed by atoms with van der Waals surface area (Å²) in [6.45, 7) is 3.97. The molecular weight excluding hydrogens is 284 g/mol. The smallest absolute Gasteiger partial charge is 0.222 e. The summed E-state index contributed by atoms with van der Waals surface area (Å²) >= 11 is 0. The number of piperidine rings is 1. The van der Waals surface area contributed by atoms with Crippen LogP contribution in [0.5, 0.6) is 0 Å². The molecule has 0 aromatic rings. The Labute approximate surface area is 144 Å². The van der Waals surface area contributed by atoms with Crippen LogP contribution in [0, 0.1) is 0 Å². The quantitative estimate of drug-likeness (QED) is 0.456. The highest BCUT2D eigenvalue weighted by molar-refractivity contribution is 5.77. The lowest BCUT2D eigenvalue weighted by atomic mass is 10.0. The molecular formula is C20H40N2O. The summed E-state index contributed by atoms with van der Waals surface area (Å²) < 4.78 is 0. The Hall–Kier alpha value is -0.570. The average Bonchev–Trinajstić information content (AvgIpc) is 2.55. The minimum atomic E-state index is 0.203. The predicted octanol–water partition coefficient (Wildman–Crippen LogP) is 5.03. The number of likely N-dealkylation sites (tertiary alicyclic amines) is 1. The van der Waals surface area contributed by atoms with E-state index in [1.54, 1.807) is 0 Å². The van der Waals surface area contributed by atoms with Crippen LogP contribution in [0.3, 0.4) is 0 Å². The molecule has 0 aromatic carbocycles. The van der Waals surface area contributed by atoms with Crippen LogP contribution >= 0.6 is 0 Å². The van der Waals surface area contributed by atoms with Gasteiger partial charge in [0.15, 0.2) is 0 Å². The zero-order valence-corrected chi connectivity index (χ0v) is 15.5. The van der Waals surface area contributed by atoms with E-state index < -0.39 is 0 Å². The van der Waals surface area contributed by atoms with Gasteiger partial charge in [-0.25, -0.2) is 0 Å². The molecule has 1 fully saturated rings. The van der Waals surface area contributed by atoms with Crippen molar-refractivity contribution < 1.29 is 4.79 Å². The van der Waals surface area contributed by atoms with Crippen molar-refractivity contribution in [3.63, 3.8) is 0 Å². The van der Waals surface area contributed by atoms with Crippen LogP contribution in [0.15, 0.2) is 0 Å². The van der Waals surface area contributed by atoms with Crippen molar-refractivity contribution in [2.75, 3.05) is 13.1 Å². The largest absolute Gasteiger partial charge is 0.341 e. The van der Waals surface area contributed by atoms with Gasteiger partial charge in [0.05, 0.1) is 0 Å². The van der Waals surface area contributed by atoms with Crippen LogP contribution in [0.2, 0.25) is 0 Å². The Kier molecular flexibility index (Phi) is 12.3. The lowest BCUT2D eigenvalue weighted by Crippen LogP contribution is -2.46. The lowest BCUT2D eigenvalue weighted by molar-refractivity contribution is -0.133. The van der Waals surface area contributed by atoms with Crippen molar-refractivity contribution in [3.8, 4) is 0 Å². The van der Waals surface area contributed by atoms with E-state index in [4.69, 9.17) is 5.73 Å². The number of rotatable bonds is 14. The summed E-state index contributed by atoms with van der Waals surface area (Å²) in [5.41, 5.74) is 5.94. The minimum absolute atomic E-state index is 0.203. The second-order valence-electron chi connectivity index (χ2n) is 7.38. The molecule has 1 saturated heterocycles. The summed E-state index contributed by atoms with van der Waals surface area (Å²) in [4.78, 5) is 13.7. The van der Waals surface area contributed by atoms with Crippen molar-refractivity contribution in [1.82, 2.24) is 4.90 Å². The molecule has 0 radical (unpaired) electrons. The molecule has 1 heterocycles. The molecule has 3 nitrogen and oxygen atoms in total. The van der Waals surface area contributed by atoms with Gasteiger partial charge >= 0.3 is 0 Å². The maximum Gasteiger partial charge on any atom is 0.222 e. The van der Waals surface area contributed by atoms with Crippen molar-refractivity contribution in [2.45, 2.75) is 109 Å². The first-order valence-corrected chi connectivity index (χ1v) is 10.3. The highest BCUT2D eigenvalue weighted by Crippen LogP contribution is 2.14. The summed E-state index contributed by atoms with van der Waals surface area (Å²) in [6.07, 6.45) is 19.3. The Morgan fingerprint density at radius 3 is 1.87 bits per heavy atom. The van der Waals surface area contributed by atoms with Gasteiger partial charge in [-0.15, -0.1) is 0 Å². The number of carbonyl (C=O) groups excluding carboxylic acids is 1. The molecule has 1 atom stereocenters. The van der Waals surface area contributed by atoms with E-state index in [1.807, 2.05) is 4.90 Å². The monoisotopic (exact) mass is 324 g/mol. The van der Waals surface area contributed by atoms with Crippen molar-refractivity contribution in [3.05, 3.63) is 0 Å². The normalized spacial score (nSPS) is 18.6. The van der Waals surface area contributed by atoms with E-state index in [-0.39, 0.29) is 6.04 Å². The van der Waals surface area contributed by atoms with E-state index >= 15 is 0 Å². The first kappa shape index (κ1) is 20.5. The summed E-state index contributed by atoms with van der Waals surface area (Å²) in [6, 6.07) is 0.203. The molecule has 1 rings (SSSR count). The number of nitrogens with two attached hydrogens (primary N) is 1. The number of nitrogens with zero attached hydrogens (tertiary/aromatic N) is 1. The van der Waals surface area contributed by atoms with Gasteiger partial charge < -0.3 is 10.6 Å². The van der Waals surface area contributed by atoms with E-state index in [0.717, 1.165) is 25.9 Å². The van der Waals surface area contributed by atoms with Crippen molar-refractivity contribution in [2.24, 2.45) is 5.73 Å². The molecule has 0 unspecified atom stereocenters. The molecule has 0 spiro atoms. The van der Waals surface area contributed by atoms with Gasteiger partial charge in [-0.1, -0.05) is 84.0 Å². The zero-order chi connectivity index (χ0) is 16.8. The second-order valence-corrected chi connectivity index (χ2v) is 7.38. The third kappa shape index (κ3) is 10.8. The molecule has 1 amide bonds. The molecule has 23 heavy (non-hydrogen) atoms. The van der Waals surface area contributed by atoms with Gasteiger partial charge in [0.25, 0.3) is 0 Å². The standard InChI is InChI=1S/C20H40N2O/c1-2-3-4-5-6-7-8-9-10-11-12-13-14-17-22-18-19(21)15-16-20(22)23/h19H,2-18,21H2,1H3/t19-/m0/s1. The highest BCUT2D eigenvalue weighted by atomic mass is 16.2. The van der Waals surface area contributed by atoms with Gasteiger partial charge in [-0.05, 0) is 12.8 Å². The molecule has 0 saturated carbocycles. The fourth-order valence-electron chi connectivity index (χ4n) is 3.48. The molecule has 0 bridgehead atoms. The Bertz CT molecular complexity index is 293. The van der Waals surface area contributed by atoms with Gasteiger partial charge in [0, 0.05) is 25.6 Å². The fourth-order valence-corrected chi connectivity index (χ4v) is 3.48. The van der Waals surface area contributed by atoms with Gasteiger partial charge in [-0.3, -0.25) is 4.79 Å². The average molecular weight is 325 g/mol. The summed E-state index contributed by atoms with van der Waals surface area (Å²) in [5.74, 6) is 0.311. The second kappa shape index (κ2) is 13.8. The molecule has 0 aliphatic carbocycles. The van der Waals surface area contributed by atoms with Crippen molar-refractivity contribution >= 4 is 5.91 Å². The fraction of sp³-hybridized carbons (Fsp3) is 0.950. The topological polar surface area (TPSA) is 46.3 Å². The molecule has 3 heteroatoms. The first-order chi connectivity index (χ1) is 11.2. The Balaban J connectivity index is 1.80. The molecule has 136 valence electrons. The summed E-state index contributed by atoms with van der Waals surface area (Å²) in [5, 5.41) is 0. The van der Waals surface area contributed by atoms with Gasteiger partial charge in [-0.2, -0.15) is 0 Å². The SMILES string of the molecule is CCCCCCCCCCCCCCCN1C[C@@H](N)CCC1=O. The third-order valence-corrected chi connectivity index (χ3v) is 5.07. The van der Waals surface area contributed by atoms with Crippen LogP contribution in [0.1, 0.15) is 103 Å². The van der Waals surface area contributed by atoms with E-state index in [1.165, 1.54) is 77.0 Å². The number of carbonyl (C=O) groups is 1. The highest BCUT2D eigenvalue weighted by Gasteiger charge is 2.22.